The molecule has 0 radical (unpaired) electrons. The summed E-state index contributed by atoms with van der Waals surface area (Å²) in [4.78, 5) is 0. The van der Waals surface area contributed by atoms with E-state index in [1.165, 1.54) is 0 Å². The SMILES string of the molecule is C=CCn1nccc1CO. The van der Waals surface area contributed by atoms with Gasteiger partial charge < -0.3 is 5.11 Å². The van der Waals surface area contributed by atoms with Gasteiger partial charge in [0, 0.05) is 6.20 Å². The molecule has 0 atom stereocenters. The first-order valence-electron chi connectivity index (χ1n) is 3.11. The van der Waals surface area contributed by atoms with E-state index >= 15 is 0 Å². The highest BCUT2D eigenvalue weighted by Gasteiger charge is 1.96. The number of hydrogen-bond acceptors (Lipinski definition) is 2. The van der Waals surface area contributed by atoms with Crippen LogP contribution in [0.3, 0.4) is 0 Å². The van der Waals surface area contributed by atoms with Crippen LogP contribution in [0.1, 0.15) is 5.69 Å². The maximum atomic E-state index is 8.74. The highest BCUT2D eigenvalue weighted by molar-refractivity contribution is 4.99. The summed E-state index contributed by atoms with van der Waals surface area (Å²) in [6.45, 7) is 4.26. The van der Waals surface area contributed by atoms with Crippen LogP contribution >= 0.6 is 0 Å². The average molecular weight is 138 g/mol. The molecule has 1 aromatic heterocycles. The summed E-state index contributed by atoms with van der Waals surface area (Å²) >= 11 is 0. The van der Waals surface area contributed by atoms with E-state index in [2.05, 4.69) is 11.7 Å². The van der Waals surface area contributed by atoms with Crippen LogP contribution in [-0.4, -0.2) is 14.9 Å². The predicted molar refractivity (Wildman–Crippen MR) is 38.3 cm³/mol. The molecule has 0 saturated carbocycles. The lowest BCUT2D eigenvalue weighted by Crippen LogP contribution is -2.02. The molecule has 0 fully saturated rings. The number of aliphatic hydroxyl groups excluding tert-OH is 1. The van der Waals surface area contributed by atoms with E-state index in [4.69, 9.17) is 5.11 Å². The second-order valence-corrected chi connectivity index (χ2v) is 1.95. The van der Waals surface area contributed by atoms with E-state index in [0.717, 1.165) is 5.69 Å². The summed E-state index contributed by atoms with van der Waals surface area (Å²) < 4.78 is 1.70. The molecular weight excluding hydrogens is 128 g/mol. The Morgan fingerprint density at radius 2 is 2.60 bits per heavy atom. The Balaban J connectivity index is 2.79. The molecule has 0 aliphatic heterocycles. The molecule has 0 aromatic carbocycles. The molecule has 1 rings (SSSR count). The Morgan fingerprint density at radius 3 is 3.20 bits per heavy atom. The first-order chi connectivity index (χ1) is 4.88. The molecule has 0 amide bonds. The normalized spacial score (nSPS) is 9.70. The van der Waals surface area contributed by atoms with Gasteiger partial charge in [0.1, 0.15) is 0 Å². The van der Waals surface area contributed by atoms with Gasteiger partial charge in [0.05, 0.1) is 18.8 Å². The fourth-order valence-corrected chi connectivity index (χ4v) is 0.781. The minimum atomic E-state index is 0.0356. The molecule has 0 spiro atoms. The Labute approximate surface area is 59.6 Å². The molecule has 0 unspecified atom stereocenters. The van der Waals surface area contributed by atoms with Crippen molar-refractivity contribution in [2.75, 3.05) is 0 Å². The van der Waals surface area contributed by atoms with Crippen LogP contribution in [0.5, 0.6) is 0 Å². The van der Waals surface area contributed by atoms with Gasteiger partial charge >= 0.3 is 0 Å². The fraction of sp³-hybridized carbons (Fsp3) is 0.286. The van der Waals surface area contributed by atoms with Gasteiger partial charge in [-0.15, -0.1) is 6.58 Å². The van der Waals surface area contributed by atoms with Crippen LogP contribution in [0.15, 0.2) is 24.9 Å². The van der Waals surface area contributed by atoms with Gasteiger partial charge in [-0.2, -0.15) is 5.10 Å². The maximum absolute atomic E-state index is 8.74. The van der Waals surface area contributed by atoms with Crippen molar-refractivity contribution in [3.05, 3.63) is 30.6 Å². The number of hydrogen-bond donors (Lipinski definition) is 1. The van der Waals surface area contributed by atoms with Crippen molar-refractivity contribution in [2.45, 2.75) is 13.2 Å². The van der Waals surface area contributed by atoms with E-state index in [-0.39, 0.29) is 6.61 Å². The van der Waals surface area contributed by atoms with Gasteiger partial charge in [0.25, 0.3) is 0 Å². The van der Waals surface area contributed by atoms with Crippen molar-refractivity contribution in [3.63, 3.8) is 0 Å². The quantitative estimate of drug-likeness (QED) is 0.620. The van der Waals surface area contributed by atoms with Crippen molar-refractivity contribution in [2.24, 2.45) is 0 Å². The molecule has 54 valence electrons. The molecule has 1 aromatic rings. The van der Waals surface area contributed by atoms with Crippen molar-refractivity contribution < 1.29 is 5.11 Å². The minimum Gasteiger partial charge on any atom is -0.390 e. The Morgan fingerprint density at radius 1 is 1.80 bits per heavy atom. The second-order valence-electron chi connectivity index (χ2n) is 1.95. The first kappa shape index (κ1) is 7.02. The van der Waals surface area contributed by atoms with Gasteiger partial charge in [-0.3, -0.25) is 4.68 Å². The Hall–Kier alpha value is -1.09. The van der Waals surface area contributed by atoms with Gasteiger partial charge in [0.15, 0.2) is 0 Å². The summed E-state index contributed by atoms with van der Waals surface area (Å²) in [6, 6.07) is 1.78. The van der Waals surface area contributed by atoms with E-state index in [1.54, 1.807) is 23.0 Å². The van der Waals surface area contributed by atoms with E-state index in [0.29, 0.717) is 6.54 Å². The van der Waals surface area contributed by atoms with Crippen LogP contribution in [0.2, 0.25) is 0 Å². The lowest BCUT2D eigenvalue weighted by Gasteiger charge is -1.99. The van der Waals surface area contributed by atoms with E-state index in [9.17, 15) is 0 Å². The van der Waals surface area contributed by atoms with Crippen LogP contribution in [0.4, 0.5) is 0 Å². The number of allylic oxidation sites excluding steroid dienone is 1. The zero-order chi connectivity index (χ0) is 7.40. The predicted octanol–water partition coefficient (Wildman–Crippen LogP) is 0.561. The Bertz CT molecular complexity index is 217. The van der Waals surface area contributed by atoms with Crippen LogP contribution < -0.4 is 0 Å². The number of aliphatic hydroxyl groups is 1. The zero-order valence-electron chi connectivity index (χ0n) is 5.70. The third kappa shape index (κ3) is 1.25. The lowest BCUT2D eigenvalue weighted by atomic mass is 10.4. The largest absolute Gasteiger partial charge is 0.390 e. The second kappa shape index (κ2) is 3.17. The lowest BCUT2D eigenvalue weighted by molar-refractivity contribution is 0.269. The smallest absolute Gasteiger partial charge is 0.0850 e. The monoisotopic (exact) mass is 138 g/mol. The molecule has 1 heterocycles. The molecule has 0 saturated heterocycles. The van der Waals surface area contributed by atoms with Gasteiger partial charge in [0.2, 0.25) is 0 Å². The molecule has 3 nitrogen and oxygen atoms in total. The molecule has 0 aliphatic rings. The summed E-state index contributed by atoms with van der Waals surface area (Å²) in [5, 5.41) is 12.7. The summed E-state index contributed by atoms with van der Waals surface area (Å²) in [6.07, 6.45) is 3.40. The van der Waals surface area contributed by atoms with Crippen LogP contribution in [-0.2, 0) is 13.2 Å². The molecule has 3 heteroatoms. The van der Waals surface area contributed by atoms with Crippen molar-refractivity contribution in [1.82, 2.24) is 9.78 Å². The number of nitrogens with zero attached hydrogens (tertiary/aromatic N) is 2. The number of aromatic nitrogens is 2. The third-order valence-corrected chi connectivity index (χ3v) is 1.27. The van der Waals surface area contributed by atoms with Crippen LogP contribution in [0, 0.1) is 0 Å². The standard InChI is InChI=1S/C7H10N2O/c1-2-5-9-7(6-10)3-4-8-9/h2-4,10H,1,5-6H2. The summed E-state index contributed by atoms with van der Waals surface area (Å²) in [5.74, 6) is 0. The molecule has 0 bridgehead atoms. The number of rotatable bonds is 3. The Kier molecular flexibility index (Phi) is 2.23. The first-order valence-corrected chi connectivity index (χ1v) is 3.11. The molecular formula is C7H10N2O. The maximum Gasteiger partial charge on any atom is 0.0850 e. The van der Waals surface area contributed by atoms with E-state index in [1.807, 2.05) is 0 Å². The van der Waals surface area contributed by atoms with E-state index < -0.39 is 0 Å². The van der Waals surface area contributed by atoms with Gasteiger partial charge in [-0.05, 0) is 6.07 Å². The highest BCUT2D eigenvalue weighted by Crippen LogP contribution is 1.97. The van der Waals surface area contributed by atoms with Crippen molar-refractivity contribution in [1.29, 1.82) is 0 Å². The third-order valence-electron chi connectivity index (χ3n) is 1.27. The molecule has 1 N–H and O–H groups in total. The van der Waals surface area contributed by atoms with Crippen molar-refractivity contribution in [3.8, 4) is 0 Å². The van der Waals surface area contributed by atoms with Gasteiger partial charge in [-0.25, -0.2) is 0 Å². The van der Waals surface area contributed by atoms with Crippen molar-refractivity contribution >= 4 is 0 Å². The summed E-state index contributed by atoms with van der Waals surface area (Å²) in [7, 11) is 0. The zero-order valence-corrected chi connectivity index (χ0v) is 5.70. The minimum absolute atomic E-state index is 0.0356. The molecule has 10 heavy (non-hydrogen) atoms. The molecule has 0 aliphatic carbocycles. The van der Waals surface area contributed by atoms with Gasteiger partial charge in [-0.1, -0.05) is 6.08 Å². The summed E-state index contributed by atoms with van der Waals surface area (Å²) in [5.41, 5.74) is 0.819. The topological polar surface area (TPSA) is 38.0 Å². The van der Waals surface area contributed by atoms with Crippen LogP contribution in [0.25, 0.3) is 0 Å². The highest BCUT2D eigenvalue weighted by atomic mass is 16.3. The average Bonchev–Trinajstić information content (AvgIpc) is 2.36. The fourth-order valence-electron chi connectivity index (χ4n) is 0.781.